The average Bonchev–Trinajstić information content (AvgIpc) is 3.13. The maximum atomic E-state index is 13.3. The van der Waals surface area contributed by atoms with Crippen molar-refractivity contribution in [2.45, 2.75) is 52.7 Å². The molecule has 2 aromatic heterocycles. The zero-order valence-electron chi connectivity index (χ0n) is 20.4. The van der Waals surface area contributed by atoms with Crippen molar-refractivity contribution in [2.24, 2.45) is 0 Å². The summed E-state index contributed by atoms with van der Waals surface area (Å²) in [5, 5.41) is 16.8. The number of ether oxygens (including phenoxy) is 2. The molecule has 0 unspecified atom stereocenters. The summed E-state index contributed by atoms with van der Waals surface area (Å²) >= 11 is 0. The summed E-state index contributed by atoms with van der Waals surface area (Å²) in [4.78, 5) is 42.8. The van der Waals surface area contributed by atoms with Crippen LogP contribution in [0.1, 0.15) is 41.5 Å². The zero-order chi connectivity index (χ0) is 26.0. The average molecular weight is 482 g/mol. The maximum absolute atomic E-state index is 13.3. The van der Waals surface area contributed by atoms with Crippen LogP contribution in [0, 0.1) is 10.1 Å². The van der Waals surface area contributed by atoms with Crippen LogP contribution in [-0.4, -0.2) is 43.1 Å². The van der Waals surface area contributed by atoms with E-state index >= 15 is 0 Å². The molecule has 2 amide bonds. The molecule has 0 atom stereocenters. The number of para-hydroxylation sites is 1. The standard InChI is InChI=1S/C24H27N5O6/c1-23(2,3)34-21(30)27(22(31)35-24(4,5)6)20-19(29(32)33)18(16-11-10-14-25-15-16)26-28(20)17-12-8-7-9-13-17/h7-15H,1-6H3. The van der Waals surface area contributed by atoms with Crippen LogP contribution in [0.25, 0.3) is 16.9 Å². The molecule has 2 heterocycles. The van der Waals surface area contributed by atoms with Crippen LogP contribution < -0.4 is 4.90 Å². The summed E-state index contributed by atoms with van der Waals surface area (Å²) in [6.45, 7) is 9.68. The number of hydrogen-bond donors (Lipinski definition) is 0. The van der Waals surface area contributed by atoms with Crippen LogP contribution >= 0.6 is 0 Å². The number of benzene rings is 1. The summed E-state index contributed by atoms with van der Waals surface area (Å²) in [6, 6.07) is 11.6. The van der Waals surface area contributed by atoms with Gasteiger partial charge >= 0.3 is 17.9 Å². The molecule has 35 heavy (non-hydrogen) atoms. The molecule has 11 heteroatoms. The number of pyridine rings is 1. The van der Waals surface area contributed by atoms with Gasteiger partial charge in [-0.3, -0.25) is 15.1 Å². The SMILES string of the molecule is CC(C)(C)OC(=O)N(C(=O)OC(C)(C)C)c1c([N+](=O)[O-])c(-c2cccnc2)nn1-c1ccccc1. The second kappa shape index (κ2) is 9.53. The van der Waals surface area contributed by atoms with Gasteiger partial charge in [-0.15, -0.1) is 0 Å². The number of nitrogens with zero attached hydrogens (tertiary/aromatic N) is 5. The molecule has 0 aliphatic rings. The van der Waals surface area contributed by atoms with Crippen molar-refractivity contribution in [3.8, 4) is 16.9 Å². The third-order valence-corrected chi connectivity index (χ3v) is 4.32. The second-order valence-corrected chi connectivity index (χ2v) is 9.56. The number of amides is 2. The number of imide groups is 1. The van der Waals surface area contributed by atoms with Crippen molar-refractivity contribution in [1.29, 1.82) is 0 Å². The van der Waals surface area contributed by atoms with Crippen molar-refractivity contribution in [3.05, 3.63) is 65.0 Å². The van der Waals surface area contributed by atoms with Gasteiger partial charge in [0, 0.05) is 18.0 Å². The van der Waals surface area contributed by atoms with E-state index in [1.165, 1.54) is 12.4 Å². The van der Waals surface area contributed by atoms with Crippen LogP contribution in [0.4, 0.5) is 21.1 Å². The Labute approximate surface area is 202 Å². The Balaban J connectivity index is 2.37. The van der Waals surface area contributed by atoms with Gasteiger partial charge < -0.3 is 9.47 Å². The molecular formula is C24H27N5O6. The van der Waals surface area contributed by atoms with Crippen molar-refractivity contribution in [2.75, 3.05) is 4.90 Å². The van der Waals surface area contributed by atoms with Crippen LogP contribution in [-0.2, 0) is 9.47 Å². The Hall–Kier alpha value is -4.28. The molecule has 0 N–H and O–H groups in total. The van der Waals surface area contributed by atoms with Gasteiger partial charge in [0.05, 0.1) is 10.6 Å². The van der Waals surface area contributed by atoms with Crippen molar-refractivity contribution < 1.29 is 24.0 Å². The molecule has 1 aromatic carbocycles. The minimum Gasteiger partial charge on any atom is -0.443 e. The second-order valence-electron chi connectivity index (χ2n) is 9.56. The van der Waals surface area contributed by atoms with Crippen molar-refractivity contribution in [1.82, 2.24) is 14.8 Å². The first kappa shape index (κ1) is 25.3. The zero-order valence-corrected chi connectivity index (χ0v) is 20.4. The lowest BCUT2D eigenvalue weighted by Gasteiger charge is -2.28. The van der Waals surface area contributed by atoms with Crippen molar-refractivity contribution in [3.63, 3.8) is 0 Å². The largest absolute Gasteiger partial charge is 0.443 e. The first-order chi connectivity index (χ1) is 16.3. The third kappa shape index (κ3) is 5.99. The van der Waals surface area contributed by atoms with Gasteiger partial charge in [-0.25, -0.2) is 14.3 Å². The molecule has 0 radical (unpaired) electrons. The predicted molar refractivity (Wildman–Crippen MR) is 128 cm³/mol. The fourth-order valence-electron chi connectivity index (χ4n) is 3.08. The van der Waals surface area contributed by atoms with Gasteiger partial charge in [0.1, 0.15) is 11.2 Å². The highest BCUT2D eigenvalue weighted by Crippen LogP contribution is 2.40. The smallest absolute Gasteiger partial charge is 0.426 e. The molecule has 0 saturated carbocycles. The lowest BCUT2D eigenvalue weighted by molar-refractivity contribution is -0.383. The predicted octanol–water partition coefficient (Wildman–Crippen LogP) is 5.52. The fourth-order valence-corrected chi connectivity index (χ4v) is 3.08. The number of nitro groups is 1. The minimum atomic E-state index is -1.15. The van der Waals surface area contributed by atoms with Gasteiger partial charge in [0.2, 0.25) is 5.82 Å². The van der Waals surface area contributed by atoms with Crippen LogP contribution in [0.3, 0.4) is 0 Å². The quantitative estimate of drug-likeness (QED) is 0.352. The molecule has 11 nitrogen and oxygen atoms in total. The van der Waals surface area contributed by atoms with E-state index in [9.17, 15) is 19.7 Å². The number of hydrogen-bond acceptors (Lipinski definition) is 8. The highest BCUT2D eigenvalue weighted by molar-refractivity contribution is 6.11. The summed E-state index contributed by atoms with van der Waals surface area (Å²) < 4.78 is 12.0. The highest BCUT2D eigenvalue weighted by Gasteiger charge is 2.42. The van der Waals surface area contributed by atoms with Crippen molar-refractivity contribution >= 4 is 23.7 Å². The van der Waals surface area contributed by atoms with Gasteiger partial charge in [0.15, 0.2) is 5.69 Å². The van der Waals surface area contributed by atoms with E-state index in [0.29, 0.717) is 16.2 Å². The lowest BCUT2D eigenvalue weighted by Crippen LogP contribution is -2.45. The van der Waals surface area contributed by atoms with E-state index < -0.39 is 39.8 Å². The molecule has 0 aliphatic carbocycles. The topological polar surface area (TPSA) is 130 Å². The monoisotopic (exact) mass is 481 g/mol. The Morgan fingerprint density at radius 3 is 1.97 bits per heavy atom. The number of rotatable bonds is 4. The van der Waals surface area contributed by atoms with E-state index in [1.54, 1.807) is 84.0 Å². The third-order valence-electron chi connectivity index (χ3n) is 4.32. The van der Waals surface area contributed by atoms with E-state index in [-0.39, 0.29) is 5.69 Å². The molecule has 0 fully saturated rings. The molecule has 3 aromatic rings. The van der Waals surface area contributed by atoms with E-state index in [2.05, 4.69) is 10.1 Å². The highest BCUT2D eigenvalue weighted by atomic mass is 16.6. The molecule has 0 bridgehead atoms. The van der Waals surface area contributed by atoms with Gasteiger partial charge in [-0.2, -0.15) is 10.00 Å². The molecule has 0 aliphatic heterocycles. The Morgan fingerprint density at radius 1 is 0.943 bits per heavy atom. The Morgan fingerprint density at radius 2 is 1.51 bits per heavy atom. The molecule has 0 spiro atoms. The van der Waals surface area contributed by atoms with Crippen LogP contribution in [0.5, 0.6) is 0 Å². The summed E-state index contributed by atoms with van der Waals surface area (Å²) in [5.74, 6) is -0.427. The lowest BCUT2D eigenvalue weighted by atomic mass is 10.2. The number of aromatic nitrogens is 3. The summed E-state index contributed by atoms with van der Waals surface area (Å²) in [5.41, 5.74) is -1.98. The molecule has 184 valence electrons. The van der Waals surface area contributed by atoms with Crippen LogP contribution in [0.15, 0.2) is 54.9 Å². The van der Waals surface area contributed by atoms with Gasteiger partial charge in [-0.1, -0.05) is 18.2 Å². The fraction of sp³-hybridized carbons (Fsp3) is 0.333. The van der Waals surface area contributed by atoms with E-state index in [1.807, 2.05) is 0 Å². The molecule has 0 saturated heterocycles. The maximum Gasteiger partial charge on any atom is 0.426 e. The van der Waals surface area contributed by atoms with Gasteiger partial charge in [0.25, 0.3) is 0 Å². The molecule has 3 rings (SSSR count). The van der Waals surface area contributed by atoms with E-state index in [0.717, 1.165) is 4.68 Å². The summed E-state index contributed by atoms with van der Waals surface area (Å²) in [7, 11) is 0. The van der Waals surface area contributed by atoms with Crippen LogP contribution in [0.2, 0.25) is 0 Å². The Bertz CT molecular complexity index is 1200. The normalized spacial score (nSPS) is 11.6. The first-order valence-electron chi connectivity index (χ1n) is 10.8. The van der Waals surface area contributed by atoms with E-state index in [4.69, 9.17) is 9.47 Å². The number of carbonyl (C=O) groups is 2. The minimum absolute atomic E-state index is 0.0842. The molecular weight excluding hydrogens is 454 g/mol. The number of anilines is 1. The van der Waals surface area contributed by atoms with Gasteiger partial charge in [-0.05, 0) is 65.8 Å². The summed E-state index contributed by atoms with van der Waals surface area (Å²) in [6.07, 6.45) is 0.618. The first-order valence-corrected chi connectivity index (χ1v) is 10.8. The Kier molecular flexibility index (Phi) is 6.90. The number of carbonyl (C=O) groups excluding carboxylic acids is 2.